The molecule has 0 spiro atoms. The smallest absolute Gasteiger partial charge is 0.338 e. The van der Waals surface area contributed by atoms with E-state index >= 15 is 0 Å². The zero-order chi connectivity index (χ0) is 24.2. The fourth-order valence-corrected chi connectivity index (χ4v) is 4.76. The molecule has 1 atom stereocenters. The summed E-state index contributed by atoms with van der Waals surface area (Å²) in [6, 6.07) is 12.7. The minimum absolute atomic E-state index is 0.250. The predicted octanol–water partition coefficient (Wildman–Crippen LogP) is 3.95. The molecule has 2 aliphatic heterocycles. The van der Waals surface area contributed by atoms with Crippen molar-refractivity contribution in [3.63, 3.8) is 0 Å². The molecule has 2 heterocycles. The van der Waals surface area contributed by atoms with Gasteiger partial charge in [0, 0.05) is 49.1 Å². The molecular formula is C26H31ClN4O3. The minimum Gasteiger partial charge on any atom is -0.463 e. The van der Waals surface area contributed by atoms with Crippen molar-refractivity contribution in [2.75, 3.05) is 44.2 Å². The summed E-state index contributed by atoms with van der Waals surface area (Å²) in [5, 5.41) is 6.27. The molecule has 2 aliphatic rings. The molecule has 7 nitrogen and oxygen atoms in total. The lowest BCUT2D eigenvalue weighted by Gasteiger charge is -2.38. The van der Waals surface area contributed by atoms with E-state index in [1.165, 1.54) is 16.8 Å². The first-order valence-electron chi connectivity index (χ1n) is 11.6. The van der Waals surface area contributed by atoms with Crippen LogP contribution in [0.5, 0.6) is 0 Å². The van der Waals surface area contributed by atoms with Gasteiger partial charge in [0.25, 0.3) is 0 Å². The lowest BCUT2D eigenvalue weighted by atomic mass is 9.95. The van der Waals surface area contributed by atoms with Gasteiger partial charge in [-0.15, -0.1) is 0 Å². The predicted molar refractivity (Wildman–Crippen MR) is 134 cm³/mol. The van der Waals surface area contributed by atoms with E-state index in [1.54, 1.807) is 25.1 Å². The van der Waals surface area contributed by atoms with Gasteiger partial charge in [-0.25, -0.2) is 9.59 Å². The number of hydrogen-bond acceptors (Lipinski definition) is 5. The van der Waals surface area contributed by atoms with Gasteiger partial charge < -0.3 is 20.3 Å². The Hall–Kier alpha value is -3.03. The Labute approximate surface area is 205 Å². The van der Waals surface area contributed by atoms with Gasteiger partial charge in [-0.05, 0) is 55.7 Å². The van der Waals surface area contributed by atoms with Crippen LogP contribution < -0.4 is 15.5 Å². The number of esters is 1. The molecule has 0 radical (unpaired) electrons. The van der Waals surface area contributed by atoms with Crippen molar-refractivity contribution in [1.82, 2.24) is 15.5 Å². The summed E-state index contributed by atoms with van der Waals surface area (Å²) in [7, 11) is 0. The Balaban J connectivity index is 1.56. The Morgan fingerprint density at radius 2 is 1.88 bits per heavy atom. The van der Waals surface area contributed by atoms with Crippen molar-refractivity contribution in [1.29, 1.82) is 0 Å². The Morgan fingerprint density at radius 1 is 1.12 bits per heavy atom. The van der Waals surface area contributed by atoms with Crippen LogP contribution in [0, 0.1) is 13.8 Å². The highest BCUT2D eigenvalue weighted by Gasteiger charge is 2.34. The quantitative estimate of drug-likeness (QED) is 0.610. The molecule has 8 heteroatoms. The molecule has 2 aromatic rings. The van der Waals surface area contributed by atoms with Crippen LogP contribution in [0.4, 0.5) is 10.5 Å². The summed E-state index contributed by atoms with van der Waals surface area (Å²) in [4.78, 5) is 30.2. The standard InChI is InChI=1S/C26H31ClN4O3/c1-4-34-25(32)23-21(28-26(33)29-24(23)19-6-5-7-20(27)15-19)16-30-10-12-31(13-11-30)22-14-17(2)8-9-18(22)3/h5-9,14-15,24H,4,10-13,16H2,1-3H3,(H2,28,29,33)/t24-/m0/s1. The van der Waals surface area contributed by atoms with Crippen molar-refractivity contribution < 1.29 is 14.3 Å². The zero-order valence-corrected chi connectivity index (χ0v) is 20.6. The number of aryl methyl sites for hydroxylation is 2. The molecule has 0 bridgehead atoms. The number of benzene rings is 2. The summed E-state index contributed by atoms with van der Waals surface area (Å²) < 4.78 is 5.37. The zero-order valence-electron chi connectivity index (χ0n) is 19.9. The molecule has 2 aromatic carbocycles. The molecule has 34 heavy (non-hydrogen) atoms. The number of hydrogen-bond donors (Lipinski definition) is 2. The van der Waals surface area contributed by atoms with E-state index in [0.29, 0.717) is 22.8 Å². The molecule has 4 rings (SSSR count). The first kappa shape index (κ1) is 24.1. The summed E-state index contributed by atoms with van der Waals surface area (Å²) in [6.07, 6.45) is 0. The number of carbonyl (C=O) groups excluding carboxylic acids is 2. The molecule has 0 aliphatic carbocycles. The van der Waals surface area contributed by atoms with E-state index in [-0.39, 0.29) is 12.6 Å². The summed E-state index contributed by atoms with van der Waals surface area (Å²) in [5.41, 5.74) is 5.51. The normalized spacial score (nSPS) is 19.0. The van der Waals surface area contributed by atoms with Gasteiger partial charge in [-0.3, -0.25) is 4.90 Å². The number of nitrogens with zero attached hydrogens (tertiary/aromatic N) is 2. The molecule has 2 N–H and O–H groups in total. The van der Waals surface area contributed by atoms with Crippen LogP contribution in [0.15, 0.2) is 53.7 Å². The fraction of sp³-hybridized carbons (Fsp3) is 0.385. The van der Waals surface area contributed by atoms with Crippen molar-refractivity contribution >= 4 is 29.3 Å². The van der Waals surface area contributed by atoms with Gasteiger partial charge in [0.2, 0.25) is 0 Å². The van der Waals surface area contributed by atoms with E-state index in [0.717, 1.165) is 31.7 Å². The van der Waals surface area contributed by atoms with Gasteiger partial charge in [-0.1, -0.05) is 35.9 Å². The van der Waals surface area contributed by atoms with Crippen molar-refractivity contribution in [2.24, 2.45) is 0 Å². The maximum absolute atomic E-state index is 13.0. The van der Waals surface area contributed by atoms with E-state index in [4.69, 9.17) is 16.3 Å². The van der Waals surface area contributed by atoms with E-state index < -0.39 is 12.0 Å². The van der Waals surface area contributed by atoms with Gasteiger partial charge in [0.1, 0.15) is 0 Å². The van der Waals surface area contributed by atoms with Crippen LogP contribution in [0.1, 0.15) is 29.7 Å². The SMILES string of the molecule is CCOC(=O)C1=C(CN2CCN(c3cc(C)ccc3C)CC2)NC(=O)N[C@H]1c1cccc(Cl)c1. The number of amides is 2. The van der Waals surface area contributed by atoms with E-state index in [9.17, 15) is 9.59 Å². The van der Waals surface area contributed by atoms with Gasteiger partial charge in [0.05, 0.1) is 18.2 Å². The van der Waals surface area contributed by atoms with E-state index in [1.807, 2.05) is 6.07 Å². The summed E-state index contributed by atoms with van der Waals surface area (Å²) >= 11 is 6.19. The monoisotopic (exact) mass is 482 g/mol. The topological polar surface area (TPSA) is 73.9 Å². The van der Waals surface area contributed by atoms with Crippen LogP contribution in [0.2, 0.25) is 5.02 Å². The first-order chi connectivity index (χ1) is 16.4. The van der Waals surface area contributed by atoms with E-state index in [2.05, 4.69) is 52.5 Å². The summed E-state index contributed by atoms with van der Waals surface area (Å²) in [6.45, 7) is 10.1. The largest absolute Gasteiger partial charge is 0.463 e. The third-order valence-electron chi connectivity index (χ3n) is 6.29. The molecule has 0 saturated carbocycles. The number of anilines is 1. The lowest BCUT2D eigenvalue weighted by Crippen LogP contribution is -2.52. The van der Waals surface area contributed by atoms with Gasteiger partial charge in [-0.2, -0.15) is 0 Å². The fourth-order valence-electron chi connectivity index (χ4n) is 4.56. The maximum Gasteiger partial charge on any atom is 0.338 e. The van der Waals surface area contributed by atoms with Gasteiger partial charge in [0.15, 0.2) is 0 Å². The Kier molecular flexibility index (Phi) is 7.44. The average Bonchev–Trinajstić information content (AvgIpc) is 2.81. The lowest BCUT2D eigenvalue weighted by molar-refractivity contribution is -0.139. The number of rotatable bonds is 6. The highest BCUT2D eigenvalue weighted by Crippen LogP contribution is 2.30. The van der Waals surface area contributed by atoms with Crippen LogP contribution in [0.25, 0.3) is 0 Å². The number of nitrogens with one attached hydrogen (secondary N) is 2. The highest BCUT2D eigenvalue weighted by molar-refractivity contribution is 6.30. The van der Waals surface area contributed by atoms with Crippen LogP contribution >= 0.6 is 11.6 Å². The number of piperazine rings is 1. The van der Waals surface area contributed by atoms with Crippen LogP contribution in [0.3, 0.4) is 0 Å². The molecule has 0 unspecified atom stereocenters. The second-order valence-corrected chi connectivity index (χ2v) is 9.19. The second-order valence-electron chi connectivity index (χ2n) is 8.75. The highest BCUT2D eigenvalue weighted by atomic mass is 35.5. The average molecular weight is 483 g/mol. The van der Waals surface area contributed by atoms with Crippen molar-refractivity contribution in [3.05, 3.63) is 75.4 Å². The third-order valence-corrected chi connectivity index (χ3v) is 6.53. The Morgan fingerprint density at radius 3 is 2.59 bits per heavy atom. The number of carbonyl (C=O) groups is 2. The summed E-state index contributed by atoms with van der Waals surface area (Å²) in [5.74, 6) is -0.441. The molecule has 1 fully saturated rings. The Bertz CT molecular complexity index is 1110. The second kappa shape index (κ2) is 10.5. The molecule has 0 aromatic heterocycles. The van der Waals surface area contributed by atoms with Crippen LogP contribution in [-0.4, -0.2) is 56.2 Å². The number of urea groups is 1. The third kappa shape index (κ3) is 5.37. The molecule has 180 valence electrons. The first-order valence-corrected chi connectivity index (χ1v) is 12.0. The van der Waals surface area contributed by atoms with Crippen molar-refractivity contribution in [3.8, 4) is 0 Å². The number of halogens is 1. The molecule has 2 amide bonds. The maximum atomic E-state index is 13.0. The van der Waals surface area contributed by atoms with Crippen LogP contribution in [-0.2, 0) is 9.53 Å². The number of ether oxygens (including phenoxy) is 1. The molecular weight excluding hydrogens is 452 g/mol. The van der Waals surface area contributed by atoms with Crippen molar-refractivity contribution in [2.45, 2.75) is 26.8 Å². The van der Waals surface area contributed by atoms with Gasteiger partial charge >= 0.3 is 12.0 Å². The molecule has 1 saturated heterocycles. The minimum atomic E-state index is -0.627.